The van der Waals surface area contributed by atoms with Crippen LogP contribution in [0, 0.1) is 17.2 Å². The highest BCUT2D eigenvalue weighted by Crippen LogP contribution is 2.27. The first-order chi connectivity index (χ1) is 8.04. The van der Waals surface area contributed by atoms with Crippen LogP contribution in [0.4, 0.5) is 11.4 Å². The number of nitrogens with two attached hydrogens (primary N) is 1. The maximum Gasteiger partial charge on any atom is 0.0640 e. The van der Waals surface area contributed by atoms with Gasteiger partial charge in [0.15, 0.2) is 0 Å². The molecule has 0 aliphatic carbocycles. The Morgan fingerprint density at radius 1 is 1.47 bits per heavy atom. The van der Waals surface area contributed by atoms with E-state index in [-0.39, 0.29) is 0 Å². The first kappa shape index (κ1) is 13.7. The Morgan fingerprint density at radius 3 is 2.71 bits per heavy atom. The molecule has 0 radical (unpaired) electrons. The lowest BCUT2D eigenvalue weighted by molar-refractivity contribution is 0.612. The molecule has 0 amide bonds. The van der Waals surface area contributed by atoms with Gasteiger partial charge in [0.2, 0.25) is 0 Å². The highest BCUT2D eigenvalue weighted by molar-refractivity contribution is 6.31. The van der Waals surface area contributed by atoms with Gasteiger partial charge >= 0.3 is 0 Å². The van der Waals surface area contributed by atoms with Crippen LogP contribution in [0.15, 0.2) is 18.2 Å². The number of rotatable bonds is 5. The van der Waals surface area contributed by atoms with Crippen molar-refractivity contribution < 1.29 is 0 Å². The van der Waals surface area contributed by atoms with Crippen molar-refractivity contribution in [3.05, 3.63) is 23.2 Å². The van der Waals surface area contributed by atoms with Gasteiger partial charge in [-0.25, -0.2) is 0 Å². The van der Waals surface area contributed by atoms with Crippen molar-refractivity contribution >= 4 is 23.0 Å². The van der Waals surface area contributed by atoms with E-state index in [2.05, 4.69) is 24.8 Å². The SMILES string of the molecule is CC(C)CN(CCC#N)c1ccc(Cl)cc1N. The third-order valence-corrected chi connectivity index (χ3v) is 2.64. The van der Waals surface area contributed by atoms with Gasteiger partial charge in [-0.2, -0.15) is 5.26 Å². The van der Waals surface area contributed by atoms with Crippen LogP contribution in [-0.2, 0) is 0 Å². The van der Waals surface area contributed by atoms with Crippen LogP contribution in [0.3, 0.4) is 0 Å². The fourth-order valence-corrected chi connectivity index (χ4v) is 1.93. The van der Waals surface area contributed by atoms with Gasteiger partial charge in [0.1, 0.15) is 0 Å². The average molecular weight is 252 g/mol. The molecule has 0 atom stereocenters. The van der Waals surface area contributed by atoms with E-state index in [0.29, 0.717) is 29.6 Å². The number of nitrogen functional groups attached to an aromatic ring is 1. The van der Waals surface area contributed by atoms with Crippen LogP contribution in [0.1, 0.15) is 20.3 Å². The molecule has 3 nitrogen and oxygen atoms in total. The normalized spacial score (nSPS) is 10.3. The third-order valence-electron chi connectivity index (χ3n) is 2.41. The van der Waals surface area contributed by atoms with Gasteiger partial charge in [-0.3, -0.25) is 0 Å². The summed E-state index contributed by atoms with van der Waals surface area (Å²) in [6.07, 6.45) is 0.495. The van der Waals surface area contributed by atoms with Crippen molar-refractivity contribution in [2.75, 3.05) is 23.7 Å². The van der Waals surface area contributed by atoms with Crippen molar-refractivity contribution in [1.29, 1.82) is 5.26 Å². The second-order valence-electron chi connectivity index (χ2n) is 4.45. The van der Waals surface area contributed by atoms with Gasteiger partial charge in [-0.15, -0.1) is 0 Å². The van der Waals surface area contributed by atoms with Gasteiger partial charge in [-0.05, 0) is 24.1 Å². The number of nitriles is 1. The molecule has 0 unspecified atom stereocenters. The zero-order valence-electron chi connectivity index (χ0n) is 10.3. The lowest BCUT2D eigenvalue weighted by Crippen LogP contribution is -2.29. The molecule has 1 aromatic rings. The summed E-state index contributed by atoms with van der Waals surface area (Å²) < 4.78 is 0. The molecule has 92 valence electrons. The molecular weight excluding hydrogens is 234 g/mol. The van der Waals surface area contributed by atoms with Crippen molar-refractivity contribution in [2.45, 2.75) is 20.3 Å². The molecule has 0 spiro atoms. The smallest absolute Gasteiger partial charge is 0.0640 e. The molecule has 2 N–H and O–H groups in total. The zero-order valence-corrected chi connectivity index (χ0v) is 11.0. The lowest BCUT2D eigenvalue weighted by atomic mass is 10.1. The van der Waals surface area contributed by atoms with Crippen LogP contribution in [0.25, 0.3) is 0 Å². The quantitative estimate of drug-likeness (QED) is 0.817. The number of halogens is 1. The monoisotopic (exact) mass is 251 g/mol. The fourth-order valence-electron chi connectivity index (χ4n) is 1.75. The Morgan fingerprint density at radius 2 is 2.18 bits per heavy atom. The molecular formula is C13H18ClN3. The largest absolute Gasteiger partial charge is 0.397 e. The van der Waals surface area contributed by atoms with Crippen LogP contribution in [-0.4, -0.2) is 13.1 Å². The number of hydrogen-bond acceptors (Lipinski definition) is 3. The van der Waals surface area contributed by atoms with Crippen LogP contribution < -0.4 is 10.6 Å². The first-order valence-corrected chi connectivity index (χ1v) is 6.09. The summed E-state index contributed by atoms with van der Waals surface area (Å²) in [7, 11) is 0. The van der Waals surface area contributed by atoms with Crippen molar-refractivity contribution in [3.8, 4) is 6.07 Å². The maximum atomic E-state index is 8.68. The average Bonchev–Trinajstić information content (AvgIpc) is 2.24. The summed E-state index contributed by atoms with van der Waals surface area (Å²) >= 11 is 5.88. The van der Waals surface area contributed by atoms with Crippen LogP contribution in [0.5, 0.6) is 0 Å². The van der Waals surface area contributed by atoms with Crippen LogP contribution in [0.2, 0.25) is 5.02 Å². The van der Waals surface area contributed by atoms with Crippen molar-refractivity contribution in [3.63, 3.8) is 0 Å². The third kappa shape index (κ3) is 4.16. The number of hydrogen-bond donors (Lipinski definition) is 1. The van der Waals surface area contributed by atoms with E-state index in [9.17, 15) is 0 Å². The molecule has 17 heavy (non-hydrogen) atoms. The molecule has 1 aromatic carbocycles. The lowest BCUT2D eigenvalue weighted by Gasteiger charge is -2.27. The second kappa shape index (κ2) is 6.36. The Balaban J connectivity index is 2.91. The Kier molecular flexibility index (Phi) is 5.11. The van der Waals surface area contributed by atoms with E-state index < -0.39 is 0 Å². The molecule has 0 aliphatic heterocycles. The number of nitrogens with zero attached hydrogens (tertiary/aromatic N) is 2. The minimum atomic E-state index is 0.495. The Bertz CT molecular complexity index is 410. The summed E-state index contributed by atoms with van der Waals surface area (Å²) in [6, 6.07) is 7.65. The minimum absolute atomic E-state index is 0.495. The van der Waals surface area contributed by atoms with Gasteiger partial charge in [0.05, 0.1) is 23.9 Å². The summed E-state index contributed by atoms with van der Waals surface area (Å²) in [5, 5.41) is 9.32. The van der Waals surface area contributed by atoms with E-state index in [0.717, 1.165) is 12.2 Å². The topological polar surface area (TPSA) is 53.0 Å². The molecule has 0 bridgehead atoms. The van der Waals surface area contributed by atoms with E-state index >= 15 is 0 Å². The zero-order chi connectivity index (χ0) is 12.8. The van der Waals surface area contributed by atoms with E-state index in [1.807, 2.05) is 12.1 Å². The van der Waals surface area contributed by atoms with E-state index in [1.54, 1.807) is 6.07 Å². The van der Waals surface area contributed by atoms with Gasteiger partial charge in [-0.1, -0.05) is 25.4 Å². The Labute approximate surface area is 108 Å². The molecule has 0 saturated carbocycles. The maximum absolute atomic E-state index is 8.68. The summed E-state index contributed by atoms with van der Waals surface area (Å²) in [5.74, 6) is 0.517. The number of benzene rings is 1. The van der Waals surface area contributed by atoms with E-state index in [4.69, 9.17) is 22.6 Å². The molecule has 0 heterocycles. The predicted octanol–water partition coefficient (Wildman–Crippen LogP) is 3.30. The molecule has 4 heteroatoms. The second-order valence-corrected chi connectivity index (χ2v) is 4.89. The molecule has 0 saturated heterocycles. The molecule has 0 aliphatic rings. The highest BCUT2D eigenvalue weighted by atomic mass is 35.5. The molecule has 0 fully saturated rings. The van der Waals surface area contributed by atoms with Gasteiger partial charge in [0.25, 0.3) is 0 Å². The summed E-state index contributed by atoms with van der Waals surface area (Å²) in [6.45, 7) is 5.87. The minimum Gasteiger partial charge on any atom is -0.397 e. The predicted molar refractivity (Wildman–Crippen MR) is 73.1 cm³/mol. The van der Waals surface area contributed by atoms with Crippen molar-refractivity contribution in [2.24, 2.45) is 5.92 Å². The molecule has 0 aromatic heterocycles. The van der Waals surface area contributed by atoms with Gasteiger partial charge < -0.3 is 10.6 Å². The first-order valence-electron chi connectivity index (χ1n) is 5.71. The summed E-state index contributed by atoms with van der Waals surface area (Å²) in [4.78, 5) is 2.14. The number of anilines is 2. The van der Waals surface area contributed by atoms with Crippen LogP contribution >= 0.6 is 11.6 Å². The van der Waals surface area contributed by atoms with Gasteiger partial charge in [0, 0.05) is 18.1 Å². The fraction of sp³-hybridized carbons (Fsp3) is 0.462. The highest BCUT2D eigenvalue weighted by Gasteiger charge is 2.11. The Hall–Kier alpha value is -1.40. The van der Waals surface area contributed by atoms with Crippen molar-refractivity contribution in [1.82, 2.24) is 0 Å². The molecule has 1 rings (SSSR count). The standard InChI is InChI=1S/C13H18ClN3/c1-10(2)9-17(7-3-6-15)13-5-4-11(14)8-12(13)16/h4-5,8,10H,3,7,9,16H2,1-2H3. The van der Waals surface area contributed by atoms with E-state index in [1.165, 1.54) is 0 Å². The summed E-state index contributed by atoms with van der Waals surface area (Å²) in [5.41, 5.74) is 7.58.